The van der Waals surface area contributed by atoms with Gasteiger partial charge in [0.05, 0.1) is 12.1 Å². The topological polar surface area (TPSA) is 80.2 Å². The number of rotatable bonds is 6. The van der Waals surface area contributed by atoms with Crippen LogP contribution in [-0.4, -0.2) is 22.4 Å². The summed E-state index contributed by atoms with van der Waals surface area (Å²) in [5.41, 5.74) is 1.82. The molecule has 3 rings (SSSR count). The summed E-state index contributed by atoms with van der Waals surface area (Å²) in [6, 6.07) is 10.3. The number of pyridine rings is 1. The van der Waals surface area contributed by atoms with Crippen molar-refractivity contribution in [2.75, 3.05) is 0 Å². The lowest BCUT2D eigenvalue weighted by Crippen LogP contribution is -2.45. The van der Waals surface area contributed by atoms with Gasteiger partial charge in [-0.05, 0) is 41.7 Å². The fourth-order valence-corrected chi connectivity index (χ4v) is 3.61. The van der Waals surface area contributed by atoms with Gasteiger partial charge in [-0.2, -0.15) is 0 Å². The molecule has 1 aliphatic carbocycles. The van der Waals surface area contributed by atoms with Crippen molar-refractivity contribution in [3.05, 3.63) is 82.3 Å². The van der Waals surface area contributed by atoms with E-state index in [1.54, 1.807) is 16.8 Å². The van der Waals surface area contributed by atoms with Gasteiger partial charge < -0.3 is 15.2 Å². The summed E-state index contributed by atoms with van der Waals surface area (Å²) in [6.45, 7) is 8.07. The minimum absolute atomic E-state index is 0.105. The van der Waals surface area contributed by atoms with E-state index >= 15 is 0 Å². The van der Waals surface area contributed by atoms with Crippen molar-refractivity contribution < 1.29 is 9.59 Å². The summed E-state index contributed by atoms with van der Waals surface area (Å²) in [6.07, 6.45) is 3.48. The molecule has 146 valence electrons. The monoisotopic (exact) mass is 379 g/mol. The minimum atomic E-state index is -0.432. The van der Waals surface area contributed by atoms with E-state index in [-0.39, 0.29) is 29.1 Å². The maximum absolute atomic E-state index is 12.9. The highest BCUT2D eigenvalue weighted by molar-refractivity contribution is 5.94. The Morgan fingerprint density at radius 2 is 1.96 bits per heavy atom. The highest BCUT2D eigenvalue weighted by Gasteiger charge is 2.34. The first-order valence-corrected chi connectivity index (χ1v) is 9.41. The van der Waals surface area contributed by atoms with E-state index in [4.69, 9.17) is 0 Å². The predicted octanol–water partition coefficient (Wildman–Crippen LogP) is 2.20. The van der Waals surface area contributed by atoms with Crippen LogP contribution < -0.4 is 16.2 Å². The SMILES string of the molecule is C=CC(=O)N[C@@H]1c2ccccc2C[C@H]1NC(=O)c1cccn(CC(C)C)c1=O. The number of aromatic nitrogens is 1. The number of fused-ring (bicyclic) bond motifs is 1. The van der Waals surface area contributed by atoms with Crippen molar-refractivity contribution in [3.63, 3.8) is 0 Å². The van der Waals surface area contributed by atoms with Gasteiger partial charge in [-0.25, -0.2) is 0 Å². The van der Waals surface area contributed by atoms with Crippen LogP contribution in [0.15, 0.2) is 60.0 Å². The van der Waals surface area contributed by atoms with Gasteiger partial charge in [0.1, 0.15) is 5.56 Å². The Labute approximate surface area is 164 Å². The molecule has 28 heavy (non-hydrogen) atoms. The predicted molar refractivity (Wildman–Crippen MR) is 108 cm³/mol. The van der Waals surface area contributed by atoms with Crippen LogP contribution >= 0.6 is 0 Å². The first-order chi connectivity index (χ1) is 13.4. The third kappa shape index (κ3) is 4.06. The van der Waals surface area contributed by atoms with Crippen molar-refractivity contribution >= 4 is 11.8 Å². The summed E-state index contributed by atoms with van der Waals surface area (Å²) in [5.74, 6) is -0.447. The lowest BCUT2D eigenvalue weighted by Gasteiger charge is -2.22. The van der Waals surface area contributed by atoms with E-state index in [0.717, 1.165) is 11.1 Å². The molecule has 6 heteroatoms. The Morgan fingerprint density at radius 1 is 1.21 bits per heavy atom. The average molecular weight is 379 g/mol. The molecule has 2 aromatic rings. The number of nitrogens with zero attached hydrogens (tertiary/aromatic N) is 1. The Balaban J connectivity index is 1.84. The largest absolute Gasteiger partial charge is 0.346 e. The van der Waals surface area contributed by atoms with Crippen LogP contribution in [0.25, 0.3) is 0 Å². The number of hydrogen-bond acceptors (Lipinski definition) is 3. The summed E-state index contributed by atoms with van der Waals surface area (Å²) in [5, 5.41) is 5.83. The van der Waals surface area contributed by atoms with E-state index in [1.807, 2.05) is 38.1 Å². The fourth-order valence-electron chi connectivity index (χ4n) is 3.61. The molecule has 1 aromatic heterocycles. The van der Waals surface area contributed by atoms with Crippen molar-refractivity contribution in [2.24, 2.45) is 5.92 Å². The second kappa shape index (κ2) is 8.25. The first kappa shape index (κ1) is 19.6. The molecule has 0 aliphatic heterocycles. The minimum Gasteiger partial charge on any atom is -0.346 e. The van der Waals surface area contributed by atoms with Gasteiger partial charge in [0.25, 0.3) is 11.5 Å². The Bertz CT molecular complexity index is 961. The van der Waals surface area contributed by atoms with Gasteiger partial charge in [0, 0.05) is 12.7 Å². The fraction of sp³-hybridized carbons (Fsp3) is 0.318. The molecule has 0 spiro atoms. The molecule has 6 nitrogen and oxygen atoms in total. The Kier molecular flexibility index (Phi) is 5.78. The number of carbonyl (C=O) groups is 2. The highest BCUT2D eigenvalue weighted by atomic mass is 16.2. The van der Waals surface area contributed by atoms with Gasteiger partial charge in [-0.15, -0.1) is 0 Å². The van der Waals surface area contributed by atoms with Crippen LogP contribution in [0, 0.1) is 5.92 Å². The second-order valence-electron chi connectivity index (χ2n) is 7.45. The third-order valence-electron chi connectivity index (χ3n) is 4.86. The lowest BCUT2D eigenvalue weighted by molar-refractivity contribution is -0.117. The van der Waals surface area contributed by atoms with Crippen LogP contribution in [0.3, 0.4) is 0 Å². The van der Waals surface area contributed by atoms with Gasteiger partial charge >= 0.3 is 0 Å². The molecule has 0 fully saturated rings. The van der Waals surface area contributed by atoms with E-state index in [1.165, 1.54) is 12.1 Å². The van der Waals surface area contributed by atoms with Crippen molar-refractivity contribution in [2.45, 2.75) is 38.9 Å². The molecular weight excluding hydrogens is 354 g/mol. The average Bonchev–Trinajstić information content (AvgIpc) is 3.00. The summed E-state index contributed by atoms with van der Waals surface area (Å²) >= 11 is 0. The van der Waals surface area contributed by atoms with Crippen molar-refractivity contribution in [1.82, 2.24) is 15.2 Å². The maximum Gasteiger partial charge on any atom is 0.263 e. The van der Waals surface area contributed by atoms with E-state index in [0.29, 0.717) is 18.9 Å². The van der Waals surface area contributed by atoms with Crippen LogP contribution in [0.4, 0.5) is 0 Å². The molecule has 1 aromatic carbocycles. The molecule has 0 bridgehead atoms. The molecule has 1 aliphatic rings. The third-order valence-corrected chi connectivity index (χ3v) is 4.86. The molecule has 2 atom stereocenters. The lowest BCUT2D eigenvalue weighted by atomic mass is 10.1. The van der Waals surface area contributed by atoms with Crippen molar-refractivity contribution in [3.8, 4) is 0 Å². The molecular formula is C22H25N3O3. The summed E-state index contributed by atoms with van der Waals surface area (Å²) in [7, 11) is 0. The van der Waals surface area contributed by atoms with E-state index in [9.17, 15) is 14.4 Å². The smallest absolute Gasteiger partial charge is 0.263 e. The van der Waals surface area contributed by atoms with Crippen LogP contribution in [-0.2, 0) is 17.8 Å². The van der Waals surface area contributed by atoms with Gasteiger partial charge in [-0.3, -0.25) is 14.4 Å². The normalized spacial score (nSPS) is 17.8. The van der Waals surface area contributed by atoms with Crippen LogP contribution in [0.2, 0.25) is 0 Å². The van der Waals surface area contributed by atoms with E-state index in [2.05, 4.69) is 17.2 Å². The second-order valence-corrected chi connectivity index (χ2v) is 7.45. The van der Waals surface area contributed by atoms with Gasteiger partial charge in [0.2, 0.25) is 5.91 Å². The Hall–Kier alpha value is -3.15. The zero-order chi connectivity index (χ0) is 20.3. The standard InChI is InChI=1S/C22H25N3O3/c1-4-19(26)24-20-16-9-6-5-8-15(16)12-18(20)23-21(27)17-10-7-11-25(22(17)28)13-14(2)3/h4-11,14,18,20H,1,12-13H2,2-3H3,(H,23,27)(H,24,26)/t18-,20-/m1/s1. The molecule has 0 radical (unpaired) electrons. The number of amides is 2. The number of benzene rings is 1. The Morgan fingerprint density at radius 3 is 2.68 bits per heavy atom. The molecule has 0 saturated carbocycles. The highest BCUT2D eigenvalue weighted by Crippen LogP contribution is 2.31. The first-order valence-electron chi connectivity index (χ1n) is 9.41. The maximum atomic E-state index is 12.9. The molecule has 1 heterocycles. The quantitative estimate of drug-likeness (QED) is 0.755. The molecule has 0 saturated heterocycles. The zero-order valence-electron chi connectivity index (χ0n) is 16.1. The van der Waals surface area contributed by atoms with Gasteiger partial charge in [-0.1, -0.05) is 44.7 Å². The summed E-state index contributed by atoms with van der Waals surface area (Å²) in [4.78, 5) is 37.4. The van der Waals surface area contributed by atoms with Crippen molar-refractivity contribution in [1.29, 1.82) is 0 Å². The van der Waals surface area contributed by atoms with Crippen LogP contribution in [0.1, 0.15) is 41.4 Å². The molecule has 2 N–H and O–H groups in total. The number of carbonyl (C=O) groups excluding carboxylic acids is 2. The molecule has 2 amide bonds. The van der Waals surface area contributed by atoms with Gasteiger partial charge in [0.15, 0.2) is 0 Å². The van der Waals surface area contributed by atoms with Crippen LogP contribution in [0.5, 0.6) is 0 Å². The number of hydrogen-bond donors (Lipinski definition) is 2. The number of nitrogens with one attached hydrogen (secondary N) is 2. The molecule has 0 unspecified atom stereocenters. The van der Waals surface area contributed by atoms with E-state index < -0.39 is 5.91 Å². The summed E-state index contributed by atoms with van der Waals surface area (Å²) < 4.78 is 1.56. The zero-order valence-corrected chi connectivity index (χ0v) is 16.1.